The van der Waals surface area contributed by atoms with E-state index in [9.17, 15) is 9.59 Å². The lowest BCUT2D eigenvalue weighted by Gasteiger charge is -2.01. The van der Waals surface area contributed by atoms with Crippen molar-refractivity contribution in [1.82, 2.24) is 0 Å². The summed E-state index contributed by atoms with van der Waals surface area (Å²) in [5.41, 5.74) is 0. The topological polar surface area (TPSA) is 34.1 Å². The molecule has 0 atom stereocenters. The van der Waals surface area contributed by atoms with Crippen molar-refractivity contribution in [2.75, 3.05) is 0 Å². The van der Waals surface area contributed by atoms with E-state index in [4.69, 9.17) is 0 Å². The number of hydrogen-bond donors (Lipinski definition) is 0. The predicted molar refractivity (Wildman–Crippen MR) is 153 cm³/mol. The molecule has 34 heavy (non-hydrogen) atoms. The lowest BCUT2D eigenvalue weighted by Crippen LogP contribution is -1.82. The minimum Gasteiger partial charge on any atom is -0.299 e. The summed E-state index contributed by atoms with van der Waals surface area (Å²) in [6.07, 6.45) is 41.4. The molecule has 0 amide bonds. The van der Waals surface area contributed by atoms with Gasteiger partial charge in [-0.15, -0.1) is 0 Å². The predicted octanol–water partition coefficient (Wildman–Crippen LogP) is 10.9. The highest BCUT2D eigenvalue weighted by Crippen LogP contribution is 2.13. The zero-order valence-electron chi connectivity index (χ0n) is 23.3. The van der Waals surface area contributed by atoms with Crippen molar-refractivity contribution in [3.05, 3.63) is 24.3 Å². The highest BCUT2D eigenvalue weighted by atomic mass is 16.1. The number of carbonyl (C=O) groups excluding carboxylic acids is 2. The number of aldehydes is 2. The molecule has 2 heteroatoms. The van der Waals surface area contributed by atoms with E-state index in [2.05, 4.69) is 13.8 Å². The summed E-state index contributed by atoms with van der Waals surface area (Å²) >= 11 is 0. The van der Waals surface area contributed by atoms with Gasteiger partial charge in [0.2, 0.25) is 0 Å². The van der Waals surface area contributed by atoms with E-state index < -0.39 is 0 Å². The van der Waals surface area contributed by atoms with Gasteiger partial charge in [0.1, 0.15) is 12.6 Å². The second kappa shape index (κ2) is 36.4. The van der Waals surface area contributed by atoms with Gasteiger partial charge >= 0.3 is 0 Å². The van der Waals surface area contributed by atoms with Crippen LogP contribution in [0.4, 0.5) is 0 Å². The summed E-state index contributed by atoms with van der Waals surface area (Å²) in [4.78, 5) is 20.0. The van der Waals surface area contributed by atoms with Crippen molar-refractivity contribution in [1.29, 1.82) is 0 Å². The molecule has 0 saturated heterocycles. The van der Waals surface area contributed by atoms with E-state index in [0.29, 0.717) is 0 Å². The zero-order chi connectivity index (χ0) is 25.2. The van der Waals surface area contributed by atoms with Crippen LogP contribution >= 0.6 is 0 Å². The normalized spacial score (nSPS) is 11.1. The molecule has 0 aromatic carbocycles. The van der Waals surface area contributed by atoms with Gasteiger partial charge in [0, 0.05) is 0 Å². The van der Waals surface area contributed by atoms with Crippen LogP contribution in [0, 0.1) is 0 Å². The van der Waals surface area contributed by atoms with Gasteiger partial charge in [0.15, 0.2) is 0 Å². The number of allylic oxidation sites excluding steroid dienone is 4. The molecule has 0 aromatic rings. The summed E-state index contributed by atoms with van der Waals surface area (Å²) in [5, 5.41) is 0. The molecule has 0 N–H and O–H groups in total. The Kier molecular flexibility index (Phi) is 37.4. The van der Waals surface area contributed by atoms with Gasteiger partial charge in [-0.3, -0.25) is 9.59 Å². The first kappa shape index (κ1) is 35.0. The van der Waals surface area contributed by atoms with E-state index in [0.717, 1.165) is 25.4 Å². The Morgan fingerprint density at radius 2 is 0.588 bits per heavy atom. The van der Waals surface area contributed by atoms with Crippen molar-refractivity contribution in [3.63, 3.8) is 0 Å². The zero-order valence-corrected chi connectivity index (χ0v) is 23.3. The molecule has 0 radical (unpaired) electrons. The monoisotopic (exact) mass is 476 g/mol. The Morgan fingerprint density at radius 1 is 0.353 bits per heavy atom. The highest BCUT2D eigenvalue weighted by Gasteiger charge is 1.93. The molecule has 0 saturated carbocycles. The Morgan fingerprint density at radius 3 is 0.824 bits per heavy atom. The summed E-state index contributed by atoms with van der Waals surface area (Å²) in [6, 6.07) is 0. The summed E-state index contributed by atoms with van der Waals surface area (Å²) in [6.45, 7) is 4.54. The first-order chi connectivity index (χ1) is 16.8. The first-order valence-electron chi connectivity index (χ1n) is 15.0. The van der Waals surface area contributed by atoms with Gasteiger partial charge in [-0.1, -0.05) is 154 Å². The van der Waals surface area contributed by atoms with Crippen LogP contribution in [0.25, 0.3) is 0 Å². The summed E-state index contributed by atoms with van der Waals surface area (Å²) < 4.78 is 0. The van der Waals surface area contributed by atoms with Crippen molar-refractivity contribution < 1.29 is 9.59 Å². The molecule has 2 nitrogen and oxygen atoms in total. The Labute approximate surface area is 214 Å². The summed E-state index contributed by atoms with van der Waals surface area (Å²) in [7, 11) is 0. The fraction of sp³-hybridized carbons (Fsp3) is 0.812. The average molecular weight is 477 g/mol. The maximum absolute atomic E-state index is 10.0. The lowest BCUT2D eigenvalue weighted by molar-refractivity contribution is -0.104. The van der Waals surface area contributed by atoms with Crippen LogP contribution in [-0.2, 0) is 9.59 Å². The van der Waals surface area contributed by atoms with Gasteiger partial charge in [0.05, 0.1) is 0 Å². The molecule has 0 aromatic heterocycles. The summed E-state index contributed by atoms with van der Waals surface area (Å²) in [5.74, 6) is 0. The van der Waals surface area contributed by atoms with Crippen LogP contribution < -0.4 is 0 Å². The van der Waals surface area contributed by atoms with Crippen molar-refractivity contribution in [2.24, 2.45) is 0 Å². The first-order valence-corrected chi connectivity index (χ1v) is 15.0. The Hall–Kier alpha value is -1.18. The van der Waals surface area contributed by atoms with Crippen molar-refractivity contribution in [3.8, 4) is 0 Å². The van der Waals surface area contributed by atoms with E-state index in [1.54, 1.807) is 12.2 Å². The third kappa shape index (κ3) is 38.1. The minimum absolute atomic E-state index is 0.860. The SMILES string of the molecule is CCCCCCCCCCCCC/C=C/C=O.CCCCCCCCCCCCC/C=C/C=O. The number of unbranched alkanes of at least 4 members (excludes halogenated alkanes) is 22. The second-order valence-electron chi connectivity index (χ2n) is 9.78. The Balaban J connectivity index is 0. The molecule has 0 rings (SSSR count). The minimum atomic E-state index is 0.860. The quantitative estimate of drug-likeness (QED) is 0.0706. The van der Waals surface area contributed by atoms with E-state index in [1.807, 2.05) is 12.2 Å². The largest absolute Gasteiger partial charge is 0.299 e. The third-order valence-corrected chi connectivity index (χ3v) is 6.38. The second-order valence-corrected chi connectivity index (χ2v) is 9.78. The maximum atomic E-state index is 10.0. The molecule has 0 heterocycles. The Bertz CT molecular complexity index is 385. The van der Waals surface area contributed by atoms with E-state index in [1.165, 1.54) is 141 Å². The van der Waals surface area contributed by atoms with E-state index in [-0.39, 0.29) is 0 Å². The molecule has 200 valence electrons. The average Bonchev–Trinajstić information content (AvgIpc) is 2.85. The van der Waals surface area contributed by atoms with Gasteiger partial charge in [-0.2, -0.15) is 0 Å². The molecular weight excluding hydrogens is 416 g/mol. The number of carbonyl (C=O) groups is 2. The van der Waals surface area contributed by atoms with Crippen LogP contribution in [0.3, 0.4) is 0 Å². The number of hydrogen-bond acceptors (Lipinski definition) is 2. The van der Waals surface area contributed by atoms with Gasteiger partial charge in [-0.05, 0) is 37.8 Å². The maximum Gasteiger partial charge on any atom is 0.142 e. The van der Waals surface area contributed by atoms with E-state index >= 15 is 0 Å². The smallest absolute Gasteiger partial charge is 0.142 e. The van der Waals surface area contributed by atoms with Gasteiger partial charge in [-0.25, -0.2) is 0 Å². The molecule has 0 aliphatic heterocycles. The van der Waals surface area contributed by atoms with Crippen LogP contribution in [-0.4, -0.2) is 12.6 Å². The van der Waals surface area contributed by atoms with Crippen molar-refractivity contribution >= 4 is 12.6 Å². The van der Waals surface area contributed by atoms with Crippen LogP contribution in [0.1, 0.15) is 168 Å². The van der Waals surface area contributed by atoms with Gasteiger partial charge in [0.25, 0.3) is 0 Å². The van der Waals surface area contributed by atoms with Crippen LogP contribution in [0.15, 0.2) is 24.3 Å². The number of rotatable bonds is 26. The molecule has 0 spiro atoms. The molecule has 0 fully saturated rings. The fourth-order valence-corrected chi connectivity index (χ4v) is 4.16. The lowest BCUT2D eigenvalue weighted by atomic mass is 10.1. The van der Waals surface area contributed by atoms with Crippen LogP contribution in [0.5, 0.6) is 0 Å². The van der Waals surface area contributed by atoms with Gasteiger partial charge < -0.3 is 0 Å². The molecule has 0 bridgehead atoms. The molecule has 0 unspecified atom stereocenters. The standard InChI is InChI=1S/2C16H30O/c2*1-2-3-4-5-6-7-8-9-10-11-12-13-14-15-16-17/h2*14-16H,2-13H2,1H3/b2*15-14+. The highest BCUT2D eigenvalue weighted by molar-refractivity contribution is 5.64. The fourth-order valence-electron chi connectivity index (χ4n) is 4.16. The van der Waals surface area contributed by atoms with Crippen molar-refractivity contribution in [2.45, 2.75) is 168 Å². The molecule has 0 aliphatic rings. The molecular formula is C32H60O2. The third-order valence-electron chi connectivity index (χ3n) is 6.38. The molecule has 0 aliphatic carbocycles. The van der Waals surface area contributed by atoms with Crippen LogP contribution in [0.2, 0.25) is 0 Å².